The minimum atomic E-state index is -4.11. The number of ether oxygens (including phenoxy) is 2. The second kappa shape index (κ2) is 9.78. The molecule has 0 radical (unpaired) electrons. The summed E-state index contributed by atoms with van der Waals surface area (Å²) in [5.41, 5.74) is 2.02. The number of halogens is 2. The molecule has 35 heavy (non-hydrogen) atoms. The molecule has 0 bridgehead atoms. The predicted octanol–water partition coefficient (Wildman–Crippen LogP) is 4.20. The number of nitrogens with one attached hydrogen (secondary N) is 2. The number of carbonyl (C=O) groups is 1. The lowest BCUT2D eigenvalue weighted by molar-refractivity contribution is -0.385. The summed E-state index contributed by atoms with van der Waals surface area (Å²) in [5, 5.41) is 15.5. The highest BCUT2D eigenvalue weighted by atomic mass is 35.5. The van der Waals surface area contributed by atoms with Crippen LogP contribution in [0.1, 0.15) is 15.9 Å². The summed E-state index contributed by atoms with van der Waals surface area (Å²) < 4.78 is 38.2. The molecule has 1 aliphatic heterocycles. The monoisotopic (exact) mass is 536 g/mol. The highest BCUT2D eigenvalue weighted by Gasteiger charge is 2.23. The molecule has 2 N–H and O–H groups in total. The quantitative estimate of drug-likeness (QED) is 0.261. The molecule has 1 amide bonds. The maximum atomic E-state index is 12.8. The van der Waals surface area contributed by atoms with Gasteiger partial charge in [-0.3, -0.25) is 19.6 Å². The van der Waals surface area contributed by atoms with E-state index in [9.17, 15) is 23.3 Å². The Bertz CT molecular complexity index is 1480. The summed E-state index contributed by atoms with van der Waals surface area (Å²) in [5.74, 6) is -0.223. The van der Waals surface area contributed by atoms with Crippen LogP contribution in [-0.4, -0.2) is 32.3 Å². The summed E-state index contributed by atoms with van der Waals surface area (Å²) in [7, 11) is -4.11. The van der Waals surface area contributed by atoms with Gasteiger partial charge in [0.1, 0.15) is 0 Å². The molecule has 14 heteroatoms. The van der Waals surface area contributed by atoms with Crippen molar-refractivity contribution in [1.29, 1.82) is 0 Å². The SMILES string of the molecule is O=C(N/N=C\c1cc2c(cc1[N+](=O)[O-])OCO2)c1cccc(S(=O)(=O)Nc2cc(Cl)ccc2Cl)c1. The van der Waals surface area contributed by atoms with Gasteiger partial charge in [0, 0.05) is 10.6 Å². The zero-order valence-electron chi connectivity index (χ0n) is 17.4. The average Bonchev–Trinajstić information content (AvgIpc) is 3.28. The van der Waals surface area contributed by atoms with E-state index in [1.54, 1.807) is 0 Å². The number of amides is 1. The zero-order chi connectivity index (χ0) is 25.2. The van der Waals surface area contributed by atoms with Crippen molar-refractivity contribution < 1.29 is 27.6 Å². The van der Waals surface area contributed by atoms with Gasteiger partial charge >= 0.3 is 0 Å². The molecule has 0 aliphatic carbocycles. The van der Waals surface area contributed by atoms with Crippen LogP contribution in [0, 0.1) is 10.1 Å². The molecule has 0 spiro atoms. The summed E-state index contributed by atoms with van der Waals surface area (Å²) in [6.07, 6.45) is 1.07. The minimum absolute atomic E-state index is 0.0256. The molecule has 1 heterocycles. The third-order valence-corrected chi connectivity index (χ3v) is 6.60. The summed E-state index contributed by atoms with van der Waals surface area (Å²) in [6.45, 7) is -0.0680. The molecule has 0 saturated carbocycles. The molecule has 0 atom stereocenters. The number of hydrogen-bond donors (Lipinski definition) is 2. The Morgan fingerprint density at radius 1 is 1.09 bits per heavy atom. The Labute approximate surface area is 208 Å². The first-order valence-corrected chi connectivity index (χ1v) is 11.9. The van der Waals surface area contributed by atoms with Crippen molar-refractivity contribution in [3.05, 3.63) is 85.9 Å². The third kappa shape index (κ3) is 5.45. The van der Waals surface area contributed by atoms with Crippen LogP contribution in [0.3, 0.4) is 0 Å². The van der Waals surface area contributed by atoms with E-state index in [-0.39, 0.29) is 50.0 Å². The van der Waals surface area contributed by atoms with Crippen LogP contribution in [0.2, 0.25) is 10.0 Å². The van der Waals surface area contributed by atoms with Crippen LogP contribution >= 0.6 is 23.2 Å². The topological polar surface area (TPSA) is 149 Å². The van der Waals surface area contributed by atoms with Crippen molar-refractivity contribution in [1.82, 2.24) is 5.43 Å². The number of fused-ring (bicyclic) bond motifs is 1. The summed E-state index contributed by atoms with van der Waals surface area (Å²) in [6, 6.07) is 12.0. The highest BCUT2D eigenvalue weighted by Crippen LogP contribution is 2.37. The lowest BCUT2D eigenvalue weighted by Gasteiger charge is -2.11. The van der Waals surface area contributed by atoms with Crippen molar-refractivity contribution >= 4 is 56.7 Å². The third-order valence-electron chi connectivity index (χ3n) is 4.67. The van der Waals surface area contributed by atoms with E-state index in [0.717, 1.165) is 12.3 Å². The van der Waals surface area contributed by atoms with Crippen molar-refractivity contribution in [3.8, 4) is 11.5 Å². The minimum Gasteiger partial charge on any atom is -0.454 e. The fraction of sp³-hybridized carbons (Fsp3) is 0.0476. The Kier molecular flexibility index (Phi) is 6.78. The highest BCUT2D eigenvalue weighted by molar-refractivity contribution is 7.92. The summed E-state index contributed by atoms with van der Waals surface area (Å²) in [4.78, 5) is 23.0. The molecule has 0 unspecified atom stereocenters. The average molecular weight is 537 g/mol. The largest absolute Gasteiger partial charge is 0.454 e. The molecule has 0 saturated heterocycles. The van der Waals surface area contributed by atoms with Crippen LogP contribution < -0.4 is 19.6 Å². The van der Waals surface area contributed by atoms with E-state index in [4.69, 9.17) is 32.7 Å². The number of benzene rings is 3. The van der Waals surface area contributed by atoms with Crippen LogP contribution in [0.5, 0.6) is 11.5 Å². The molecule has 11 nitrogen and oxygen atoms in total. The van der Waals surface area contributed by atoms with Gasteiger partial charge in [0.2, 0.25) is 6.79 Å². The van der Waals surface area contributed by atoms with Crippen LogP contribution in [0.25, 0.3) is 0 Å². The lowest BCUT2D eigenvalue weighted by Crippen LogP contribution is -2.19. The molecule has 0 fully saturated rings. The van der Waals surface area contributed by atoms with Gasteiger partial charge in [0.05, 0.1) is 38.4 Å². The smallest absolute Gasteiger partial charge is 0.282 e. The fourth-order valence-corrected chi connectivity index (χ4v) is 4.53. The molecule has 180 valence electrons. The van der Waals surface area contributed by atoms with Gasteiger partial charge < -0.3 is 9.47 Å². The molecular formula is C21H14Cl2N4O7S. The Balaban J connectivity index is 1.51. The number of anilines is 1. The summed E-state index contributed by atoms with van der Waals surface area (Å²) >= 11 is 11.9. The van der Waals surface area contributed by atoms with Crippen molar-refractivity contribution in [2.24, 2.45) is 5.10 Å². The van der Waals surface area contributed by atoms with Crippen LogP contribution in [-0.2, 0) is 10.0 Å². The zero-order valence-corrected chi connectivity index (χ0v) is 19.7. The first-order chi connectivity index (χ1) is 16.6. The van der Waals surface area contributed by atoms with Crippen molar-refractivity contribution in [2.75, 3.05) is 11.5 Å². The standard InChI is InChI=1S/C21H14Cl2N4O7S/c22-14-4-5-16(23)17(8-14)26-35(31,32)15-3-1-2-12(6-15)21(28)25-24-10-13-7-19-20(34-11-33-19)9-18(13)27(29)30/h1-10,26H,11H2,(H,25,28)/b24-10-. The lowest BCUT2D eigenvalue weighted by atomic mass is 10.1. The fourth-order valence-electron chi connectivity index (χ4n) is 3.02. The molecule has 3 aromatic rings. The normalized spacial score (nSPS) is 12.5. The number of hydrogen-bond acceptors (Lipinski definition) is 8. The first kappa shape index (κ1) is 24.3. The number of carbonyl (C=O) groups excluding carboxylic acids is 1. The number of nitro groups is 1. The number of nitro benzene ring substituents is 1. The van der Waals surface area contributed by atoms with Gasteiger partial charge in [0.15, 0.2) is 11.5 Å². The molecule has 4 rings (SSSR count). The number of sulfonamides is 1. The number of hydrazone groups is 1. The molecule has 0 aromatic heterocycles. The van der Waals surface area contributed by atoms with E-state index in [2.05, 4.69) is 15.2 Å². The maximum Gasteiger partial charge on any atom is 0.282 e. The van der Waals surface area contributed by atoms with Gasteiger partial charge in [-0.15, -0.1) is 0 Å². The second-order valence-electron chi connectivity index (χ2n) is 6.98. The van der Waals surface area contributed by atoms with Gasteiger partial charge in [-0.1, -0.05) is 29.3 Å². The Morgan fingerprint density at radius 2 is 1.83 bits per heavy atom. The number of nitrogens with zero attached hydrogens (tertiary/aromatic N) is 2. The van der Waals surface area contributed by atoms with E-state index >= 15 is 0 Å². The van der Waals surface area contributed by atoms with E-state index in [0.29, 0.717) is 5.75 Å². The van der Waals surface area contributed by atoms with Crippen molar-refractivity contribution in [2.45, 2.75) is 4.90 Å². The molecule has 1 aliphatic rings. The first-order valence-electron chi connectivity index (χ1n) is 9.63. The second-order valence-corrected chi connectivity index (χ2v) is 9.50. The van der Waals surface area contributed by atoms with Gasteiger partial charge in [-0.25, -0.2) is 13.8 Å². The van der Waals surface area contributed by atoms with Gasteiger partial charge in [-0.2, -0.15) is 5.10 Å². The maximum absolute atomic E-state index is 12.8. The van der Waals surface area contributed by atoms with E-state index in [1.807, 2.05) is 0 Å². The van der Waals surface area contributed by atoms with Crippen LogP contribution in [0.15, 0.2) is 64.6 Å². The van der Waals surface area contributed by atoms with Gasteiger partial charge in [0.25, 0.3) is 21.6 Å². The molecule has 3 aromatic carbocycles. The van der Waals surface area contributed by atoms with Gasteiger partial charge in [-0.05, 0) is 42.5 Å². The van der Waals surface area contributed by atoms with E-state index < -0.39 is 20.9 Å². The van der Waals surface area contributed by atoms with E-state index in [1.165, 1.54) is 48.5 Å². The Hall–Kier alpha value is -3.87. The van der Waals surface area contributed by atoms with Crippen molar-refractivity contribution in [3.63, 3.8) is 0 Å². The predicted molar refractivity (Wildman–Crippen MR) is 128 cm³/mol. The number of rotatable bonds is 7. The Morgan fingerprint density at radius 3 is 2.57 bits per heavy atom. The van der Waals surface area contributed by atoms with Crippen LogP contribution in [0.4, 0.5) is 11.4 Å². The molecular weight excluding hydrogens is 523 g/mol.